The van der Waals surface area contributed by atoms with Gasteiger partial charge in [0.05, 0.1) is 12.7 Å². The number of halogens is 2. The number of aliphatic hydroxyl groups is 1. The van der Waals surface area contributed by atoms with Gasteiger partial charge in [-0.25, -0.2) is 14.2 Å². The standard InChI is InChI=1S/C31H44F2N5O11P/c1-17(2)23(36-29(43)48-30(6,7)8)25(40)34-22-14-15-38(28(42)35-22)27-31(32,33)24(39)21(47-27)16-45-50(44,49-20-12-10-9-11-13-20)37-19(5)26(41)46-18(3)4/h9-15,17-19,21,23-24,27,39H,16H2,1-8H3,(H,36,43)(H,37,44)(H,34,35,40,42)/t19-,21+,23+,24+,27?,50+/m0/s1. The molecule has 16 nitrogen and oxygen atoms in total. The molecule has 2 heterocycles. The maximum atomic E-state index is 15.3. The van der Waals surface area contributed by atoms with Crippen molar-refractivity contribution in [2.75, 3.05) is 11.9 Å². The molecule has 1 aromatic heterocycles. The van der Waals surface area contributed by atoms with E-state index in [-0.39, 0.29) is 11.6 Å². The van der Waals surface area contributed by atoms with Crippen LogP contribution in [0, 0.1) is 5.92 Å². The molecule has 1 unspecified atom stereocenters. The number of alkyl halides is 2. The number of anilines is 1. The highest BCUT2D eigenvalue weighted by atomic mass is 31.2. The Hall–Kier alpha value is -3.96. The Morgan fingerprint density at radius 1 is 1.10 bits per heavy atom. The van der Waals surface area contributed by atoms with Crippen LogP contribution in [-0.2, 0) is 32.9 Å². The SMILES string of the molecule is CC(C)OC(=O)[C@H](C)N[P@@](=O)(OC[C@H]1OC(n2ccc(NC(=O)[C@H](NC(=O)OC(C)(C)C)C(C)C)nc2=O)C(F)(F)[C@@H]1O)Oc1ccccc1. The second-order valence-electron chi connectivity index (χ2n) is 13.0. The normalized spacial score (nSPS) is 21.2. The minimum absolute atomic E-state index is 0.0500. The van der Waals surface area contributed by atoms with Gasteiger partial charge in [0.2, 0.25) is 12.1 Å². The van der Waals surface area contributed by atoms with Crippen molar-refractivity contribution in [3.05, 3.63) is 53.1 Å². The smallest absolute Gasteiger partial charge is 0.459 e. The van der Waals surface area contributed by atoms with Crippen molar-refractivity contribution >= 4 is 31.5 Å². The second kappa shape index (κ2) is 16.4. The van der Waals surface area contributed by atoms with Crippen LogP contribution < -0.4 is 25.9 Å². The van der Waals surface area contributed by atoms with Crippen molar-refractivity contribution in [3.8, 4) is 5.75 Å². The molecule has 19 heteroatoms. The van der Waals surface area contributed by atoms with Gasteiger partial charge < -0.3 is 34.5 Å². The number of aliphatic hydroxyl groups excluding tert-OH is 1. The number of esters is 1. The molecule has 278 valence electrons. The summed E-state index contributed by atoms with van der Waals surface area (Å²) in [5, 5.41) is 17.7. The van der Waals surface area contributed by atoms with E-state index in [0.717, 1.165) is 12.3 Å². The molecule has 3 rings (SSSR count). The fraction of sp³-hybridized carbons (Fsp3) is 0.581. The zero-order chi connectivity index (χ0) is 37.6. The lowest BCUT2D eigenvalue weighted by atomic mass is 10.0. The van der Waals surface area contributed by atoms with E-state index < -0.39 is 92.1 Å². The Labute approximate surface area is 287 Å². The van der Waals surface area contributed by atoms with Crippen molar-refractivity contribution in [3.63, 3.8) is 0 Å². The van der Waals surface area contributed by atoms with Crippen LogP contribution in [0.5, 0.6) is 5.75 Å². The van der Waals surface area contributed by atoms with Crippen molar-refractivity contribution in [2.45, 2.75) is 104 Å². The highest BCUT2D eigenvalue weighted by Crippen LogP contribution is 2.48. The second-order valence-corrected chi connectivity index (χ2v) is 14.7. The number of hydrogen-bond acceptors (Lipinski definition) is 12. The van der Waals surface area contributed by atoms with Gasteiger partial charge in [0, 0.05) is 6.20 Å². The van der Waals surface area contributed by atoms with Crippen molar-refractivity contribution in [1.82, 2.24) is 20.0 Å². The molecular formula is C31H44F2N5O11P. The summed E-state index contributed by atoms with van der Waals surface area (Å²) in [5.41, 5.74) is -2.11. The number of ether oxygens (including phenoxy) is 3. The van der Waals surface area contributed by atoms with Crippen LogP contribution in [0.2, 0.25) is 0 Å². The Morgan fingerprint density at radius 2 is 1.74 bits per heavy atom. The lowest BCUT2D eigenvalue weighted by molar-refractivity contribution is -0.149. The first kappa shape index (κ1) is 40.5. The van der Waals surface area contributed by atoms with Gasteiger partial charge in [-0.3, -0.25) is 18.7 Å². The molecule has 1 aromatic carbocycles. The van der Waals surface area contributed by atoms with Crippen molar-refractivity contribution in [1.29, 1.82) is 0 Å². The number of amides is 2. The molecule has 0 saturated carbocycles. The summed E-state index contributed by atoms with van der Waals surface area (Å²) in [5.74, 6) is -6.33. The first-order chi connectivity index (χ1) is 23.1. The number of carbonyl (C=O) groups is 3. The minimum atomic E-state index is -4.51. The van der Waals surface area contributed by atoms with Gasteiger partial charge in [0.25, 0.3) is 0 Å². The molecule has 6 atom stereocenters. The van der Waals surface area contributed by atoms with Crippen LogP contribution in [0.1, 0.15) is 61.6 Å². The van der Waals surface area contributed by atoms with Crippen molar-refractivity contribution in [2.24, 2.45) is 5.92 Å². The Bertz CT molecular complexity index is 1600. The van der Waals surface area contributed by atoms with E-state index in [1.807, 2.05) is 0 Å². The van der Waals surface area contributed by atoms with E-state index >= 15 is 8.78 Å². The summed E-state index contributed by atoms with van der Waals surface area (Å²) in [6.45, 7) is 11.9. The Kier molecular flexibility index (Phi) is 13.3. The predicted octanol–water partition coefficient (Wildman–Crippen LogP) is 3.76. The fourth-order valence-corrected chi connectivity index (χ4v) is 5.95. The van der Waals surface area contributed by atoms with Crippen molar-refractivity contribution < 1.29 is 56.1 Å². The van der Waals surface area contributed by atoms with Gasteiger partial charge in [-0.2, -0.15) is 18.9 Å². The monoisotopic (exact) mass is 731 g/mol. The number of aromatic nitrogens is 2. The van der Waals surface area contributed by atoms with E-state index in [4.69, 9.17) is 23.3 Å². The number of hydrogen-bond donors (Lipinski definition) is 4. The molecule has 4 N–H and O–H groups in total. The van der Waals surface area contributed by atoms with Gasteiger partial charge in [0.15, 0.2) is 6.10 Å². The van der Waals surface area contributed by atoms with Gasteiger partial charge in [-0.1, -0.05) is 32.0 Å². The van der Waals surface area contributed by atoms with Crippen LogP contribution in [0.4, 0.5) is 19.4 Å². The van der Waals surface area contributed by atoms with Gasteiger partial charge in [0.1, 0.15) is 35.4 Å². The molecule has 2 aromatic rings. The predicted molar refractivity (Wildman–Crippen MR) is 174 cm³/mol. The molecule has 1 saturated heterocycles. The summed E-state index contributed by atoms with van der Waals surface area (Å²) in [4.78, 5) is 54.1. The van der Waals surface area contributed by atoms with Gasteiger partial charge in [-0.15, -0.1) is 0 Å². The van der Waals surface area contributed by atoms with E-state index in [2.05, 4.69) is 20.7 Å². The molecule has 50 heavy (non-hydrogen) atoms. The molecular weight excluding hydrogens is 687 g/mol. The highest BCUT2D eigenvalue weighted by molar-refractivity contribution is 7.52. The lowest BCUT2D eigenvalue weighted by Gasteiger charge is -2.25. The molecule has 1 aliphatic rings. The first-order valence-corrected chi connectivity index (χ1v) is 17.2. The number of rotatable bonds is 14. The third-order valence-corrected chi connectivity index (χ3v) is 8.41. The van der Waals surface area contributed by atoms with Crippen LogP contribution in [0.25, 0.3) is 0 Å². The van der Waals surface area contributed by atoms with Gasteiger partial charge in [-0.05, 0) is 65.7 Å². The molecule has 1 fully saturated rings. The number of para-hydroxylation sites is 1. The number of nitrogens with one attached hydrogen (secondary N) is 3. The summed E-state index contributed by atoms with van der Waals surface area (Å²) < 4.78 is 71.3. The zero-order valence-electron chi connectivity index (χ0n) is 28.9. The third-order valence-electron chi connectivity index (χ3n) is 6.77. The van der Waals surface area contributed by atoms with Crippen LogP contribution >= 0.6 is 7.75 Å². The molecule has 0 spiro atoms. The minimum Gasteiger partial charge on any atom is -0.462 e. The van der Waals surface area contributed by atoms with E-state index in [9.17, 15) is 28.8 Å². The van der Waals surface area contributed by atoms with Crippen LogP contribution in [0.15, 0.2) is 47.4 Å². The van der Waals surface area contributed by atoms with Crippen LogP contribution in [-0.4, -0.2) is 81.2 Å². The zero-order valence-corrected chi connectivity index (χ0v) is 29.8. The highest BCUT2D eigenvalue weighted by Gasteiger charge is 2.60. The summed E-state index contributed by atoms with van der Waals surface area (Å²) >= 11 is 0. The largest absolute Gasteiger partial charge is 0.462 e. The van der Waals surface area contributed by atoms with Gasteiger partial charge >= 0.3 is 31.4 Å². The van der Waals surface area contributed by atoms with E-state index in [1.54, 1.807) is 66.7 Å². The molecule has 0 bridgehead atoms. The number of benzene rings is 1. The average molecular weight is 732 g/mol. The number of carbonyl (C=O) groups excluding carboxylic acids is 3. The topological polar surface area (TPSA) is 206 Å². The third kappa shape index (κ3) is 11.0. The van der Waals surface area contributed by atoms with E-state index in [1.165, 1.54) is 19.1 Å². The maximum absolute atomic E-state index is 15.3. The summed E-state index contributed by atoms with van der Waals surface area (Å²) in [6, 6.07) is 6.37. The molecule has 2 amide bonds. The molecule has 0 aliphatic carbocycles. The molecule has 0 radical (unpaired) electrons. The fourth-order valence-electron chi connectivity index (χ4n) is 4.45. The average Bonchev–Trinajstić information content (AvgIpc) is 3.21. The quantitative estimate of drug-likeness (QED) is 0.162. The summed E-state index contributed by atoms with van der Waals surface area (Å²) in [6.07, 6.45) is -7.27. The first-order valence-electron chi connectivity index (χ1n) is 15.7. The molecule has 1 aliphatic heterocycles. The number of alkyl carbamates (subject to hydrolysis) is 1. The van der Waals surface area contributed by atoms with Crippen LogP contribution in [0.3, 0.4) is 0 Å². The van der Waals surface area contributed by atoms with E-state index in [0.29, 0.717) is 4.57 Å². The maximum Gasteiger partial charge on any atom is 0.459 e. The summed E-state index contributed by atoms with van der Waals surface area (Å²) in [7, 11) is -4.51. The lowest BCUT2D eigenvalue weighted by Crippen LogP contribution is -2.48. The Balaban J connectivity index is 1.76. The Morgan fingerprint density at radius 3 is 2.30 bits per heavy atom. The number of nitrogens with zero attached hydrogens (tertiary/aromatic N) is 2.